The molecule has 0 aliphatic heterocycles. The van der Waals surface area contributed by atoms with Crippen LogP contribution in [-0.4, -0.2) is 20.9 Å². The fraction of sp³-hybridized carbons (Fsp3) is 0.235. The normalized spacial score (nSPS) is 11.1. The standard InChI is InChI=1S/C17H19FN2O3S/c1-3-10-19-17(21)13-4-6-14(7-5-13)20-24(22,23)15-8-9-16(18)12(2)11-15/h4-9,11,20H,3,10H2,1-2H3,(H,19,21). The van der Waals surface area contributed by atoms with Crippen molar-refractivity contribution >= 4 is 21.6 Å². The lowest BCUT2D eigenvalue weighted by molar-refractivity contribution is 0.0953. The van der Waals surface area contributed by atoms with E-state index in [9.17, 15) is 17.6 Å². The number of anilines is 1. The molecule has 2 aromatic carbocycles. The van der Waals surface area contributed by atoms with Gasteiger partial charge in [0.25, 0.3) is 15.9 Å². The van der Waals surface area contributed by atoms with Gasteiger partial charge in [-0.05, 0) is 61.4 Å². The van der Waals surface area contributed by atoms with Crippen LogP contribution in [0, 0.1) is 12.7 Å². The summed E-state index contributed by atoms with van der Waals surface area (Å²) in [5, 5.41) is 2.74. The number of carbonyl (C=O) groups excluding carboxylic acids is 1. The Labute approximate surface area is 141 Å². The van der Waals surface area contributed by atoms with Gasteiger partial charge in [0.2, 0.25) is 0 Å². The minimum absolute atomic E-state index is 0.0221. The van der Waals surface area contributed by atoms with Crippen molar-refractivity contribution in [1.82, 2.24) is 5.32 Å². The summed E-state index contributed by atoms with van der Waals surface area (Å²) in [6.45, 7) is 4.03. The second-order valence-corrected chi connectivity index (χ2v) is 7.03. The summed E-state index contributed by atoms with van der Waals surface area (Å²) >= 11 is 0. The molecule has 0 aliphatic rings. The Morgan fingerprint density at radius 3 is 2.38 bits per heavy atom. The topological polar surface area (TPSA) is 75.3 Å². The molecule has 128 valence electrons. The van der Waals surface area contributed by atoms with Gasteiger partial charge in [-0.15, -0.1) is 0 Å². The fourth-order valence-corrected chi connectivity index (χ4v) is 3.17. The molecule has 0 spiro atoms. The Kier molecular flexibility index (Phi) is 5.56. The van der Waals surface area contributed by atoms with Gasteiger partial charge in [-0.25, -0.2) is 12.8 Å². The van der Waals surface area contributed by atoms with Crippen LogP contribution in [0.5, 0.6) is 0 Å². The summed E-state index contributed by atoms with van der Waals surface area (Å²) in [5.41, 5.74) is 1.02. The lowest BCUT2D eigenvalue weighted by Crippen LogP contribution is -2.23. The molecule has 0 saturated heterocycles. The molecule has 2 aromatic rings. The molecule has 0 radical (unpaired) electrons. The summed E-state index contributed by atoms with van der Waals surface area (Å²) in [7, 11) is -3.82. The molecule has 0 bridgehead atoms. The summed E-state index contributed by atoms with van der Waals surface area (Å²) in [4.78, 5) is 11.8. The molecule has 0 fully saturated rings. The molecule has 2 N–H and O–H groups in total. The predicted octanol–water partition coefficient (Wildman–Crippen LogP) is 3.07. The number of rotatable bonds is 6. The van der Waals surface area contributed by atoms with Gasteiger partial charge in [0.15, 0.2) is 0 Å². The molecule has 24 heavy (non-hydrogen) atoms. The van der Waals surface area contributed by atoms with E-state index < -0.39 is 15.8 Å². The highest BCUT2D eigenvalue weighted by atomic mass is 32.2. The molecular weight excluding hydrogens is 331 g/mol. The zero-order valence-electron chi connectivity index (χ0n) is 13.5. The van der Waals surface area contributed by atoms with Crippen molar-refractivity contribution in [3.05, 3.63) is 59.4 Å². The molecule has 0 heterocycles. The molecule has 2 rings (SSSR count). The maximum Gasteiger partial charge on any atom is 0.261 e. The zero-order chi connectivity index (χ0) is 17.7. The fourth-order valence-electron chi connectivity index (χ4n) is 2.03. The molecule has 0 atom stereocenters. The van der Waals surface area contributed by atoms with E-state index >= 15 is 0 Å². The predicted molar refractivity (Wildman–Crippen MR) is 91.0 cm³/mol. The molecule has 7 heteroatoms. The lowest BCUT2D eigenvalue weighted by Gasteiger charge is -2.10. The molecule has 1 amide bonds. The van der Waals surface area contributed by atoms with E-state index in [0.29, 0.717) is 17.8 Å². The summed E-state index contributed by atoms with van der Waals surface area (Å²) < 4.78 is 40.3. The van der Waals surface area contributed by atoms with Gasteiger partial charge in [-0.3, -0.25) is 9.52 Å². The van der Waals surface area contributed by atoms with E-state index in [0.717, 1.165) is 12.5 Å². The van der Waals surface area contributed by atoms with Crippen LogP contribution in [0.3, 0.4) is 0 Å². The molecule has 0 aromatic heterocycles. The Hall–Kier alpha value is -2.41. The first kappa shape index (κ1) is 17.9. The average molecular weight is 350 g/mol. The maximum absolute atomic E-state index is 13.3. The van der Waals surface area contributed by atoms with Crippen molar-refractivity contribution in [1.29, 1.82) is 0 Å². The first-order valence-electron chi connectivity index (χ1n) is 7.50. The minimum Gasteiger partial charge on any atom is -0.352 e. The monoisotopic (exact) mass is 350 g/mol. The van der Waals surface area contributed by atoms with E-state index in [1.807, 2.05) is 6.92 Å². The van der Waals surface area contributed by atoms with Crippen LogP contribution in [0.25, 0.3) is 0 Å². The van der Waals surface area contributed by atoms with E-state index in [-0.39, 0.29) is 16.4 Å². The zero-order valence-corrected chi connectivity index (χ0v) is 14.3. The van der Waals surface area contributed by atoms with Crippen molar-refractivity contribution in [3.63, 3.8) is 0 Å². The van der Waals surface area contributed by atoms with Crippen molar-refractivity contribution in [2.45, 2.75) is 25.2 Å². The maximum atomic E-state index is 13.3. The third-order valence-electron chi connectivity index (χ3n) is 3.37. The Morgan fingerprint density at radius 2 is 1.79 bits per heavy atom. The lowest BCUT2D eigenvalue weighted by atomic mass is 10.2. The third-order valence-corrected chi connectivity index (χ3v) is 4.75. The average Bonchev–Trinajstić information content (AvgIpc) is 2.55. The van der Waals surface area contributed by atoms with Crippen LogP contribution in [0.2, 0.25) is 0 Å². The number of benzene rings is 2. The molecular formula is C17H19FN2O3S. The van der Waals surface area contributed by atoms with E-state index in [4.69, 9.17) is 0 Å². The number of halogens is 1. The van der Waals surface area contributed by atoms with E-state index in [2.05, 4.69) is 10.0 Å². The molecule has 5 nitrogen and oxygen atoms in total. The van der Waals surface area contributed by atoms with Gasteiger partial charge >= 0.3 is 0 Å². The second kappa shape index (κ2) is 7.44. The summed E-state index contributed by atoms with van der Waals surface area (Å²) in [6, 6.07) is 9.69. The highest BCUT2D eigenvalue weighted by molar-refractivity contribution is 7.92. The van der Waals surface area contributed by atoms with Crippen molar-refractivity contribution in [3.8, 4) is 0 Å². The number of sulfonamides is 1. The number of carbonyl (C=O) groups is 1. The highest BCUT2D eigenvalue weighted by Crippen LogP contribution is 2.19. The summed E-state index contributed by atoms with van der Waals surface area (Å²) in [5.74, 6) is -0.670. The van der Waals surface area contributed by atoms with Crippen LogP contribution >= 0.6 is 0 Å². The number of hydrogen-bond acceptors (Lipinski definition) is 3. The van der Waals surface area contributed by atoms with Gasteiger partial charge in [0.1, 0.15) is 5.82 Å². The van der Waals surface area contributed by atoms with Gasteiger partial charge in [-0.1, -0.05) is 6.92 Å². The number of amides is 1. The third kappa shape index (κ3) is 4.32. The van der Waals surface area contributed by atoms with Crippen LogP contribution in [0.1, 0.15) is 29.3 Å². The summed E-state index contributed by atoms with van der Waals surface area (Å²) in [6.07, 6.45) is 0.834. The van der Waals surface area contributed by atoms with E-state index in [1.54, 1.807) is 12.1 Å². The molecule has 0 aliphatic carbocycles. The Balaban J connectivity index is 2.15. The SMILES string of the molecule is CCCNC(=O)c1ccc(NS(=O)(=O)c2ccc(F)c(C)c2)cc1. The minimum atomic E-state index is -3.82. The van der Waals surface area contributed by atoms with Gasteiger partial charge in [-0.2, -0.15) is 0 Å². The molecule has 0 saturated carbocycles. The van der Waals surface area contributed by atoms with Crippen molar-refractivity contribution in [2.75, 3.05) is 11.3 Å². The van der Waals surface area contributed by atoms with Crippen LogP contribution in [0.4, 0.5) is 10.1 Å². The quantitative estimate of drug-likeness (QED) is 0.841. The number of hydrogen-bond donors (Lipinski definition) is 2. The smallest absolute Gasteiger partial charge is 0.261 e. The van der Waals surface area contributed by atoms with Crippen molar-refractivity contribution in [2.24, 2.45) is 0 Å². The van der Waals surface area contributed by atoms with Gasteiger partial charge in [0, 0.05) is 17.8 Å². The van der Waals surface area contributed by atoms with Crippen LogP contribution in [0.15, 0.2) is 47.4 Å². The van der Waals surface area contributed by atoms with Crippen LogP contribution < -0.4 is 10.0 Å². The first-order chi connectivity index (χ1) is 11.3. The van der Waals surface area contributed by atoms with Gasteiger partial charge in [0.05, 0.1) is 4.90 Å². The molecule has 0 unspecified atom stereocenters. The number of nitrogens with one attached hydrogen (secondary N) is 2. The van der Waals surface area contributed by atoms with Crippen molar-refractivity contribution < 1.29 is 17.6 Å². The number of aryl methyl sites for hydroxylation is 1. The van der Waals surface area contributed by atoms with Gasteiger partial charge < -0.3 is 5.32 Å². The van der Waals surface area contributed by atoms with Crippen LogP contribution in [-0.2, 0) is 10.0 Å². The Morgan fingerprint density at radius 1 is 1.12 bits per heavy atom. The Bertz CT molecular complexity index is 833. The largest absolute Gasteiger partial charge is 0.352 e. The first-order valence-corrected chi connectivity index (χ1v) is 8.99. The second-order valence-electron chi connectivity index (χ2n) is 5.35. The highest BCUT2D eigenvalue weighted by Gasteiger charge is 2.15. The van der Waals surface area contributed by atoms with E-state index in [1.165, 1.54) is 31.2 Å².